The summed E-state index contributed by atoms with van der Waals surface area (Å²) < 4.78 is 9.80. The zero-order chi connectivity index (χ0) is 16.0. The Morgan fingerprint density at radius 1 is 1.24 bits per heavy atom. The van der Waals surface area contributed by atoms with E-state index in [0.717, 1.165) is 0 Å². The Bertz CT molecular complexity index is 425. The number of nitrogens with zero attached hydrogens (tertiary/aromatic N) is 3. The molecule has 3 unspecified atom stereocenters. The van der Waals surface area contributed by atoms with Crippen LogP contribution in [0.3, 0.4) is 0 Å². The smallest absolute Gasteiger partial charge is 0.411 e. The predicted octanol–water partition coefficient (Wildman–Crippen LogP) is 2.33. The molecule has 0 aromatic heterocycles. The normalized spacial score (nSPS) is 21.2. The number of carbonyl (C=O) groups excluding carboxylic acids is 2. The van der Waals surface area contributed by atoms with Crippen molar-refractivity contribution in [2.45, 2.75) is 37.4 Å². The molecule has 0 aliphatic carbocycles. The highest BCUT2D eigenvalue weighted by Crippen LogP contribution is 2.17. The van der Waals surface area contributed by atoms with Gasteiger partial charge in [-0.15, -0.1) is 0 Å². The molecule has 1 aliphatic rings. The summed E-state index contributed by atoms with van der Waals surface area (Å²) in [6, 6.07) is 1.52. The summed E-state index contributed by atoms with van der Waals surface area (Å²) in [6.07, 6.45) is -1.10. The number of alkyl halides is 2. The highest BCUT2D eigenvalue weighted by atomic mass is 35.5. The van der Waals surface area contributed by atoms with Crippen LogP contribution in [0.5, 0.6) is 0 Å². The number of ether oxygens (including phenoxy) is 2. The fourth-order valence-corrected chi connectivity index (χ4v) is 2.11. The highest BCUT2D eigenvalue weighted by Gasteiger charge is 2.34. The van der Waals surface area contributed by atoms with Crippen molar-refractivity contribution in [1.82, 2.24) is 9.80 Å². The molecule has 1 aliphatic heterocycles. The summed E-state index contributed by atoms with van der Waals surface area (Å²) in [7, 11) is 0. The molecule has 0 bridgehead atoms. The van der Waals surface area contributed by atoms with Crippen LogP contribution in [0.25, 0.3) is 0 Å². The number of hydrogen-bond acceptors (Lipinski definition) is 5. The Morgan fingerprint density at radius 2 is 1.81 bits per heavy atom. The van der Waals surface area contributed by atoms with Gasteiger partial charge in [-0.05, 0) is 13.8 Å². The zero-order valence-corrected chi connectivity index (χ0v) is 13.3. The average Bonchev–Trinajstić information content (AvgIpc) is 2.37. The van der Waals surface area contributed by atoms with Crippen LogP contribution in [0, 0.1) is 11.3 Å². The molecular weight excluding hydrogens is 321 g/mol. The van der Waals surface area contributed by atoms with E-state index in [0.29, 0.717) is 0 Å². The summed E-state index contributed by atoms with van der Waals surface area (Å²) in [5.41, 5.74) is -1.51. The van der Waals surface area contributed by atoms with Crippen molar-refractivity contribution in [3.63, 3.8) is 0 Å². The van der Waals surface area contributed by atoms with E-state index < -0.39 is 29.4 Å². The van der Waals surface area contributed by atoms with Crippen molar-refractivity contribution >= 4 is 35.4 Å². The second kappa shape index (κ2) is 8.15. The minimum atomic E-state index is -0.764. The molecule has 0 aromatic rings. The van der Waals surface area contributed by atoms with E-state index in [9.17, 15) is 9.59 Å². The third-order valence-corrected chi connectivity index (χ3v) is 3.01. The zero-order valence-electron chi connectivity index (χ0n) is 11.8. The molecule has 3 atom stereocenters. The van der Waals surface area contributed by atoms with E-state index in [1.54, 1.807) is 0 Å². The van der Waals surface area contributed by atoms with E-state index in [4.69, 9.17) is 37.9 Å². The first-order valence-electron chi connectivity index (χ1n) is 6.43. The number of piperazine rings is 1. The molecule has 1 saturated heterocycles. The summed E-state index contributed by atoms with van der Waals surface area (Å²) in [6.45, 7) is 3.74. The van der Waals surface area contributed by atoms with Gasteiger partial charge in [-0.2, -0.15) is 5.26 Å². The van der Waals surface area contributed by atoms with Gasteiger partial charge in [0.1, 0.15) is 0 Å². The Balaban J connectivity index is 2.69. The third-order valence-electron chi connectivity index (χ3n) is 2.83. The summed E-state index contributed by atoms with van der Waals surface area (Å²) in [5.74, 6) is 0. The maximum Gasteiger partial charge on any atom is 0.411 e. The quantitative estimate of drug-likeness (QED) is 0.738. The first-order valence-corrected chi connectivity index (χ1v) is 7.30. The topological polar surface area (TPSA) is 82.9 Å². The number of hydrogen-bond donors (Lipinski definition) is 0. The molecular formula is C12H17Cl2N3O4. The van der Waals surface area contributed by atoms with Crippen LogP contribution in [0.15, 0.2) is 0 Å². The van der Waals surface area contributed by atoms with Crippen LogP contribution in [0.4, 0.5) is 9.59 Å². The molecule has 118 valence electrons. The number of amides is 2. The average molecular weight is 338 g/mol. The lowest BCUT2D eigenvalue weighted by Gasteiger charge is -2.39. The number of nitriles is 1. The lowest BCUT2D eigenvalue weighted by Crippen LogP contribution is -2.57. The van der Waals surface area contributed by atoms with Crippen LogP contribution in [0.1, 0.15) is 20.3 Å². The third kappa shape index (κ3) is 5.48. The summed E-state index contributed by atoms with van der Waals surface area (Å²) in [5, 5.41) is 8.86. The Kier molecular flexibility index (Phi) is 6.85. The molecule has 0 N–H and O–H groups in total. The van der Waals surface area contributed by atoms with Crippen molar-refractivity contribution in [2.24, 2.45) is 0 Å². The van der Waals surface area contributed by atoms with Gasteiger partial charge in [-0.3, -0.25) is 0 Å². The molecule has 2 amide bonds. The lowest BCUT2D eigenvalue weighted by atomic mass is 10.1. The Labute approximate surface area is 133 Å². The van der Waals surface area contributed by atoms with Crippen LogP contribution < -0.4 is 0 Å². The minimum Gasteiger partial charge on any atom is -0.430 e. The second-order valence-electron chi connectivity index (χ2n) is 4.51. The van der Waals surface area contributed by atoms with Gasteiger partial charge in [-0.25, -0.2) is 9.59 Å². The molecule has 1 fully saturated rings. The highest BCUT2D eigenvalue weighted by molar-refractivity contribution is 6.20. The first-order chi connectivity index (χ1) is 9.85. The van der Waals surface area contributed by atoms with E-state index in [2.05, 4.69) is 0 Å². The van der Waals surface area contributed by atoms with Gasteiger partial charge in [-0.1, -0.05) is 23.2 Å². The maximum atomic E-state index is 11.9. The van der Waals surface area contributed by atoms with Gasteiger partial charge in [0.2, 0.25) is 0 Å². The van der Waals surface area contributed by atoms with Gasteiger partial charge < -0.3 is 19.3 Å². The molecule has 1 heterocycles. The van der Waals surface area contributed by atoms with E-state index >= 15 is 0 Å². The van der Waals surface area contributed by atoms with Crippen molar-refractivity contribution in [2.75, 3.05) is 19.6 Å². The fourth-order valence-electron chi connectivity index (χ4n) is 1.96. The molecule has 21 heavy (non-hydrogen) atoms. The fraction of sp³-hybridized carbons (Fsp3) is 0.750. The Hall–Kier alpha value is -1.39. The molecule has 0 radical (unpaired) electrons. The largest absolute Gasteiger partial charge is 0.430 e. The molecule has 7 nitrogen and oxygen atoms in total. The van der Waals surface area contributed by atoms with Gasteiger partial charge in [0.25, 0.3) is 0 Å². The molecule has 0 saturated carbocycles. The summed E-state index contributed by atoms with van der Waals surface area (Å²) in [4.78, 5) is 26.5. The first kappa shape index (κ1) is 17.7. The SMILES string of the molecule is CC(Cl)OC(=O)N1CCN(C(=O)OC(C)Cl)C(CC#N)C1. The molecule has 0 aromatic carbocycles. The van der Waals surface area contributed by atoms with Crippen molar-refractivity contribution in [3.05, 3.63) is 0 Å². The monoisotopic (exact) mass is 337 g/mol. The predicted molar refractivity (Wildman–Crippen MR) is 75.9 cm³/mol. The van der Waals surface area contributed by atoms with Gasteiger partial charge in [0.15, 0.2) is 11.1 Å². The Morgan fingerprint density at radius 3 is 2.33 bits per heavy atom. The molecule has 9 heteroatoms. The van der Waals surface area contributed by atoms with Crippen LogP contribution in [-0.2, 0) is 9.47 Å². The molecule has 0 spiro atoms. The van der Waals surface area contributed by atoms with Crippen molar-refractivity contribution in [1.29, 1.82) is 5.26 Å². The molecule has 1 rings (SSSR count). The van der Waals surface area contributed by atoms with Gasteiger partial charge >= 0.3 is 12.2 Å². The maximum absolute atomic E-state index is 11.9. The second-order valence-corrected chi connectivity index (χ2v) is 5.74. The van der Waals surface area contributed by atoms with Gasteiger partial charge in [0.05, 0.1) is 18.5 Å². The van der Waals surface area contributed by atoms with Crippen molar-refractivity contribution in [3.8, 4) is 6.07 Å². The van der Waals surface area contributed by atoms with Gasteiger partial charge in [0, 0.05) is 19.6 Å². The minimum absolute atomic E-state index is 0.0754. The number of rotatable bonds is 3. The standard InChI is InChI=1S/C12H17Cl2N3O4/c1-8(13)20-11(18)16-5-6-17(10(7-16)3-4-15)12(19)21-9(2)14/h8-10H,3,5-7H2,1-2H3. The van der Waals surface area contributed by atoms with E-state index in [1.807, 2.05) is 6.07 Å². The van der Waals surface area contributed by atoms with Crippen LogP contribution >= 0.6 is 23.2 Å². The summed E-state index contributed by atoms with van der Waals surface area (Å²) >= 11 is 11.2. The number of halogens is 2. The van der Waals surface area contributed by atoms with E-state index in [-0.39, 0.29) is 26.1 Å². The van der Waals surface area contributed by atoms with Crippen molar-refractivity contribution < 1.29 is 19.1 Å². The lowest BCUT2D eigenvalue weighted by molar-refractivity contribution is 0.0333. The number of carbonyl (C=O) groups is 2. The van der Waals surface area contributed by atoms with E-state index in [1.165, 1.54) is 23.6 Å². The van der Waals surface area contributed by atoms with Crippen LogP contribution in [0.2, 0.25) is 0 Å². The van der Waals surface area contributed by atoms with Crippen LogP contribution in [-0.4, -0.2) is 58.8 Å².